The molecule has 0 aromatic rings. The Hall–Kier alpha value is -0.0400. The maximum Gasteiger partial charge on any atom is -0.00489 e. The first-order valence-corrected chi connectivity index (χ1v) is 5.42. The monoisotopic (exact) mass is 169 g/mol. The van der Waals surface area contributed by atoms with Crippen LogP contribution in [0.2, 0.25) is 0 Å². The summed E-state index contributed by atoms with van der Waals surface area (Å²) < 4.78 is 0. The molecule has 0 amide bonds. The van der Waals surface area contributed by atoms with Crippen LogP contribution in [0, 0.1) is 17.8 Å². The summed E-state index contributed by atoms with van der Waals surface area (Å²) in [6.45, 7) is 5.57. The molecule has 1 nitrogen and oxygen atoms in total. The summed E-state index contributed by atoms with van der Waals surface area (Å²) in [6, 6.07) is 0. The summed E-state index contributed by atoms with van der Waals surface area (Å²) in [7, 11) is 0. The summed E-state index contributed by atoms with van der Waals surface area (Å²) in [5.74, 6) is 2.73. The maximum atomic E-state index is 5.65. The van der Waals surface area contributed by atoms with Gasteiger partial charge in [-0.2, -0.15) is 0 Å². The van der Waals surface area contributed by atoms with Gasteiger partial charge in [0.25, 0.3) is 0 Å². The van der Waals surface area contributed by atoms with Crippen LogP contribution in [0.3, 0.4) is 0 Å². The van der Waals surface area contributed by atoms with E-state index < -0.39 is 0 Å². The summed E-state index contributed by atoms with van der Waals surface area (Å²) >= 11 is 0. The zero-order valence-electron chi connectivity index (χ0n) is 8.55. The quantitative estimate of drug-likeness (QED) is 0.690. The van der Waals surface area contributed by atoms with E-state index in [4.69, 9.17) is 5.73 Å². The van der Waals surface area contributed by atoms with Crippen LogP contribution in [0.15, 0.2) is 0 Å². The van der Waals surface area contributed by atoms with Crippen molar-refractivity contribution in [3.05, 3.63) is 0 Å². The third-order valence-electron chi connectivity index (χ3n) is 3.10. The van der Waals surface area contributed by atoms with Crippen LogP contribution in [-0.2, 0) is 0 Å². The van der Waals surface area contributed by atoms with Crippen LogP contribution in [0.5, 0.6) is 0 Å². The van der Waals surface area contributed by atoms with Crippen LogP contribution in [-0.4, -0.2) is 6.54 Å². The molecule has 0 atom stereocenters. The lowest BCUT2D eigenvalue weighted by Gasteiger charge is -2.28. The molecule has 1 aliphatic rings. The topological polar surface area (TPSA) is 26.0 Å². The minimum atomic E-state index is 0.841. The Labute approximate surface area is 76.7 Å². The second-order valence-electron chi connectivity index (χ2n) is 4.75. The lowest BCUT2D eigenvalue weighted by Crippen LogP contribution is -2.22. The molecule has 0 saturated heterocycles. The number of rotatable bonds is 3. The van der Waals surface area contributed by atoms with Crippen molar-refractivity contribution in [3.63, 3.8) is 0 Å². The Morgan fingerprint density at radius 2 is 1.58 bits per heavy atom. The van der Waals surface area contributed by atoms with Crippen molar-refractivity contribution in [2.45, 2.75) is 46.0 Å². The highest BCUT2D eigenvalue weighted by atomic mass is 14.5. The van der Waals surface area contributed by atoms with E-state index in [0.29, 0.717) is 0 Å². The third-order valence-corrected chi connectivity index (χ3v) is 3.10. The van der Waals surface area contributed by atoms with Gasteiger partial charge in [0.05, 0.1) is 0 Å². The van der Waals surface area contributed by atoms with E-state index in [1.165, 1.54) is 32.1 Å². The first-order chi connectivity index (χ1) is 5.72. The van der Waals surface area contributed by atoms with Crippen LogP contribution >= 0.6 is 0 Å². The second-order valence-corrected chi connectivity index (χ2v) is 4.75. The first-order valence-electron chi connectivity index (χ1n) is 5.42. The average Bonchev–Trinajstić information content (AvgIpc) is 2.05. The highest BCUT2D eigenvalue weighted by Gasteiger charge is 2.20. The van der Waals surface area contributed by atoms with Crippen molar-refractivity contribution in [2.24, 2.45) is 23.5 Å². The molecule has 0 radical (unpaired) electrons. The van der Waals surface area contributed by atoms with Gasteiger partial charge in [0.1, 0.15) is 0 Å². The van der Waals surface area contributed by atoms with Gasteiger partial charge in [0, 0.05) is 0 Å². The van der Waals surface area contributed by atoms with Gasteiger partial charge in [-0.15, -0.1) is 0 Å². The Kier molecular flexibility index (Phi) is 4.07. The third kappa shape index (κ3) is 3.14. The fraction of sp³-hybridized carbons (Fsp3) is 1.00. The van der Waals surface area contributed by atoms with E-state index in [1.54, 1.807) is 0 Å². The van der Waals surface area contributed by atoms with Crippen molar-refractivity contribution in [2.75, 3.05) is 6.54 Å². The molecule has 72 valence electrons. The molecule has 1 heteroatoms. The van der Waals surface area contributed by atoms with Gasteiger partial charge in [-0.25, -0.2) is 0 Å². The van der Waals surface area contributed by atoms with Crippen molar-refractivity contribution in [1.82, 2.24) is 0 Å². The summed E-state index contributed by atoms with van der Waals surface area (Å²) in [6.07, 6.45) is 7.05. The smallest absolute Gasteiger partial charge is 0.00489 e. The molecular weight excluding hydrogens is 146 g/mol. The van der Waals surface area contributed by atoms with E-state index in [2.05, 4.69) is 13.8 Å². The van der Waals surface area contributed by atoms with Gasteiger partial charge in [-0.3, -0.25) is 0 Å². The molecule has 1 rings (SSSR count). The van der Waals surface area contributed by atoms with E-state index >= 15 is 0 Å². The largest absolute Gasteiger partial charge is 0.330 e. The van der Waals surface area contributed by atoms with Crippen LogP contribution in [0.1, 0.15) is 46.0 Å². The van der Waals surface area contributed by atoms with Gasteiger partial charge in [-0.05, 0) is 43.6 Å². The van der Waals surface area contributed by atoms with Crippen molar-refractivity contribution in [1.29, 1.82) is 0 Å². The Morgan fingerprint density at radius 3 is 2.00 bits per heavy atom. The minimum Gasteiger partial charge on any atom is -0.330 e. The molecule has 0 heterocycles. The highest BCUT2D eigenvalue weighted by Crippen LogP contribution is 2.31. The number of hydrogen-bond donors (Lipinski definition) is 1. The van der Waals surface area contributed by atoms with E-state index in [-0.39, 0.29) is 0 Å². The molecular formula is C11H23N. The average molecular weight is 169 g/mol. The normalized spacial score (nSPS) is 31.0. The number of hydrogen-bond acceptors (Lipinski definition) is 1. The molecule has 0 spiro atoms. The minimum absolute atomic E-state index is 0.841. The van der Waals surface area contributed by atoms with Crippen molar-refractivity contribution in [3.8, 4) is 0 Å². The molecule has 1 aliphatic carbocycles. The van der Waals surface area contributed by atoms with Gasteiger partial charge in [0.2, 0.25) is 0 Å². The van der Waals surface area contributed by atoms with Crippen LogP contribution in [0.25, 0.3) is 0 Å². The van der Waals surface area contributed by atoms with Crippen molar-refractivity contribution >= 4 is 0 Å². The second kappa shape index (κ2) is 4.86. The summed E-state index contributed by atoms with van der Waals surface area (Å²) in [4.78, 5) is 0. The first kappa shape index (κ1) is 10.0. The highest BCUT2D eigenvalue weighted by molar-refractivity contribution is 4.73. The lowest BCUT2D eigenvalue weighted by molar-refractivity contribution is 0.249. The van der Waals surface area contributed by atoms with E-state index in [0.717, 1.165) is 24.3 Å². The van der Waals surface area contributed by atoms with Crippen molar-refractivity contribution < 1.29 is 0 Å². The number of nitrogens with two attached hydrogens (primary N) is 1. The zero-order chi connectivity index (χ0) is 8.97. The molecule has 1 fully saturated rings. The summed E-state index contributed by atoms with van der Waals surface area (Å²) in [5, 5.41) is 0. The van der Waals surface area contributed by atoms with Gasteiger partial charge in [-0.1, -0.05) is 26.7 Å². The van der Waals surface area contributed by atoms with E-state index in [1.807, 2.05) is 0 Å². The Balaban J connectivity index is 2.17. The maximum absolute atomic E-state index is 5.65. The van der Waals surface area contributed by atoms with Crippen LogP contribution in [0.4, 0.5) is 0 Å². The molecule has 0 aromatic heterocycles. The van der Waals surface area contributed by atoms with Gasteiger partial charge >= 0.3 is 0 Å². The molecule has 0 bridgehead atoms. The molecule has 0 unspecified atom stereocenters. The molecule has 2 N–H and O–H groups in total. The Bertz CT molecular complexity index is 112. The fourth-order valence-electron chi connectivity index (χ4n) is 2.37. The van der Waals surface area contributed by atoms with Gasteiger partial charge < -0.3 is 5.73 Å². The van der Waals surface area contributed by atoms with Crippen LogP contribution < -0.4 is 5.73 Å². The molecule has 12 heavy (non-hydrogen) atoms. The summed E-state index contributed by atoms with van der Waals surface area (Å²) in [5.41, 5.74) is 5.65. The molecule has 0 aromatic carbocycles. The Morgan fingerprint density at radius 1 is 1.08 bits per heavy atom. The lowest BCUT2D eigenvalue weighted by atomic mass is 9.78. The fourth-order valence-corrected chi connectivity index (χ4v) is 2.37. The standard InChI is InChI=1S/C11H23N/c1-9(2)7-10-3-5-11(8-12)6-4-10/h9-11H,3-8,12H2,1-2H3/t10-,11+. The molecule has 0 aliphatic heterocycles. The SMILES string of the molecule is CC(C)C[C@H]1CC[C@@H](CN)CC1. The predicted octanol–water partition coefficient (Wildman–Crippen LogP) is 2.80. The van der Waals surface area contributed by atoms with Gasteiger partial charge in [0.15, 0.2) is 0 Å². The van der Waals surface area contributed by atoms with E-state index in [9.17, 15) is 0 Å². The predicted molar refractivity (Wildman–Crippen MR) is 54.0 cm³/mol. The zero-order valence-corrected chi connectivity index (χ0v) is 8.55. The molecule has 1 saturated carbocycles.